The van der Waals surface area contributed by atoms with Crippen LogP contribution in [0.4, 0.5) is 0 Å². The molecule has 4 aromatic heterocycles. The number of aryl methyl sites for hydroxylation is 2. The van der Waals surface area contributed by atoms with Gasteiger partial charge in [-0.2, -0.15) is 0 Å². The Hall–Kier alpha value is -3.15. The van der Waals surface area contributed by atoms with E-state index in [1.165, 1.54) is 17.0 Å². The summed E-state index contributed by atoms with van der Waals surface area (Å²) in [5.74, 6) is 1.10. The molecule has 5 aromatic rings. The van der Waals surface area contributed by atoms with E-state index < -0.39 is 0 Å². The second-order valence-electron chi connectivity index (χ2n) is 10.7. The number of fused-ring (bicyclic) bond motifs is 9. The molecular formula is C30H29IrN5O-2. The Morgan fingerprint density at radius 3 is 2.59 bits per heavy atom. The predicted molar refractivity (Wildman–Crippen MR) is 141 cm³/mol. The van der Waals surface area contributed by atoms with Crippen molar-refractivity contribution in [2.24, 2.45) is 5.41 Å². The van der Waals surface area contributed by atoms with Gasteiger partial charge in [-0.1, -0.05) is 44.8 Å². The molecule has 2 aliphatic carbocycles. The number of hydrogen-bond acceptors (Lipinski definition) is 4. The van der Waals surface area contributed by atoms with Crippen LogP contribution in [0.3, 0.4) is 0 Å². The largest absolute Gasteiger partial charge is 0.441 e. The standard InChI is InChI=1S/C22H23N2O.C8H6N3.Ir/c1-12-13(2)24-18-16-10-11-22(5,21(16,3)4)17(18)20(25)23-19(24)15-9-7-6-8-14(12)15;1-2-4-9-7(3-1)8-10-5-6-11-8;/h6-8,16H,10-11H2,1-5H3;1-6H;/q2*-1;. The Balaban J connectivity index is 0.000000197. The predicted octanol–water partition coefficient (Wildman–Crippen LogP) is 5.54. The number of imidazole rings is 1. The molecular weight excluding hydrogens is 639 g/mol. The van der Waals surface area contributed by atoms with Crippen molar-refractivity contribution >= 4 is 16.4 Å². The summed E-state index contributed by atoms with van der Waals surface area (Å²) in [4.78, 5) is 29.8. The molecule has 2 atom stereocenters. The monoisotopic (exact) mass is 668 g/mol. The SMILES string of the molecule is Cc1c(C)n2c3c(c(=O)nc2c2[c-]cccc12)C1(C)CCC3C1(C)C.[Ir].c1ccc(-c2ncc[n-]2)nc1. The number of hydrogen-bond donors (Lipinski definition) is 0. The first-order chi connectivity index (χ1) is 17.3. The number of nitrogens with zero attached hydrogens (tertiary/aromatic N) is 5. The first-order valence-corrected chi connectivity index (χ1v) is 12.5. The Kier molecular flexibility index (Phi) is 6.20. The van der Waals surface area contributed by atoms with E-state index in [9.17, 15) is 4.79 Å². The van der Waals surface area contributed by atoms with Gasteiger partial charge in [0.05, 0.1) is 11.3 Å². The summed E-state index contributed by atoms with van der Waals surface area (Å²) in [5.41, 5.74) is 6.19. The molecule has 0 aliphatic heterocycles. The minimum atomic E-state index is -0.0754. The molecule has 1 aromatic carbocycles. The van der Waals surface area contributed by atoms with Crippen molar-refractivity contribution in [3.63, 3.8) is 0 Å². The van der Waals surface area contributed by atoms with Crippen LogP contribution in [0, 0.1) is 25.3 Å². The van der Waals surface area contributed by atoms with Crippen molar-refractivity contribution in [1.29, 1.82) is 0 Å². The summed E-state index contributed by atoms with van der Waals surface area (Å²) in [6.07, 6.45) is 7.27. The van der Waals surface area contributed by atoms with Crippen LogP contribution in [-0.2, 0) is 25.5 Å². The Morgan fingerprint density at radius 2 is 1.89 bits per heavy atom. The van der Waals surface area contributed by atoms with E-state index in [0.29, 0.717) is 11.7 Å². The average Bonchev–Trinajstić information content (AvgIpc) is 3.54. The van der Waals surface area contributed by atoms with Gasteiger partial charge in [-0.3, -0.25) is 9.78 Å². The third-order valence-electron chi connectivity index (χ3n) is 8.95. The molecule has 7 rings (SSSR count). The smallest absolute Gasteiger partial charge is 0.268 e. The van der Waals surface area contributed by atoms with Gasteiger partial charge in [0, 0.05) is 54.6 Å². The van der Waals surface area contributed by atoms with Gasteiger partial charge in [0.1, 0.15) is 0 Å². The minimum absolute atomic E-state index is 0. The van der Waals surface area contributed by atoms with E-state index in [2.05, 4.69) is 71.1 Å². The fourth-order valence-electron chi connectivity index (χ4n) is 6.49. The number of benzene rings is 1. The quantitative estimate of drug-likeness (QED) is 0.174. The molecule has 2 aliphatic rings. The number of rotatable bonds is 1. The van der Waals surface area contributed by atoms with Crippen LogP contribution in [0.5, 0.6) is 0 Å². The van der Waals surface area contributed by atoms with Crippen LogP contribution >= 0.6 is 0 Å². The maximum Gasteiger partial charge on any atom is 0.268 e. The second-order valence-corrected chi connectivity index (χ2v) is 10.7. The molecule has 0 spiro atoms. The summed E-state index contributed by atoms with van der Waals surface area (Å²) in [7, 11) is 0. The van der Waals surface area contributed by atoms with Crippen molar-refractivity contribution in [2.45, 2.75) is 58.8 Å². The van der Waals surface area contributed by atoms with Gasteiger partial charge >= 0.3 is 0 Å². The first-order valence-electron chi connectivity index (χ1n) is 12.5. The van der Waals surface area contributed by atoms with Gasteiger partial charge in [0.2, 0.25) is 0 Å². The maximum absolute atomic E-state index is 13.1. The van der Waals surface area contributed by atoms with Crippen LogP contribution in [0.15, 0.2) is 59.8 Å². The molecule has 0 saturated heterocycles. The van der Waals surface area contributed by atoms with Crippen LogP contribution in [0.25, 0.3) is 27.9 Å². The zero-order valence-corrected chi connectivity index (χ0v) is 24.1. The van der Waals surface area contributed by atoms with Gasteiger partial charge in [-0.05, 0) is 50.1 Å². The van der Waals surface area contributed by atoms with E-state index in [4.69, 9.17) is 0 Å². The second kappa shape index (κ2) is 9.00. The number of aromatic nitrogens is 5. The molecule has 6 nitrogen and oxygen atoms in total. The summed E-state index contributed by atoms with van der Waals surface area (Å²) >= 11 is 0. The van der Waals surface area contributed by atoms with E-state index in [-0.39, 0.29) is 36.5 Å². The zero-order valence-electron chi connectivity index (χ0n) is 21.7. The first kappa shape index (κ1) is 25.5. The average molecular weight is 668 g/mol. The molecule has 2 bridgehead atoms. The van der Waals surface area contributed by atoms with Crippen LogP contribution in [0.2, 0.25) is 0 Å². The van der Waals surface area contributed by atoms with E-state index >= 15 is 0 Å². The van der Waals surface area contributed by atoms with Gasteiger partial charge in [0.25, 0.3) is 5.56 Å². The Bertz CT molecular complexity index is 1670. The fraction of sp³-hybridized carbons (Fsp3) is 0.333. The Labute approximate surface area is 230 Å². The van der Waals surface area contributed by atoms with E-state index in [1.807, 2.05) is 30.3 Å². The third-order valence-corrected chi connectivity index (χ3v) is 8.95. The summed E-state index contributed by atoms with van der Waals surface area (Å²) in [5, 5.41) is 2.09. The topological polar surface area (TPSA) is 74.2 Å². The minimum Gasteiger partial charge on any atom is -0.441 e. The Morgan fingerprint density at radius 1 is 1.08 bits per heavy atom. The summed E-state index contributed by atoms with van der Waals surface area (Å²) < 4.78 is 2.28. The van der Waals surface area contributed by atoms with Gasteiger partial charge in [-0.25, -0.2) is 4.98 Å². The maximum atomic E-state index is 13.1. The van der Waals surface area contributed by atoms with Crippen LogP contribution < -0.4 is 10.5 Å². The molecule has 1 saturated carbocycles. The van der Waals surface area contributed by atoms with Gasteiger partial charge < -0.3 is 14.4 Å². The third kappa shape index (κ3) is 3.55. The van der Waals surface area contributed by atoms with Crippen molar-refractivity contribution in [3.8, 4) is 11.5 Å². The van der Waals surface area contributed by atoms with Gasteiger partial charge in [-0.15, -0.1) is 35.0 Å². The van der Waals surface area contributed by atoms with Gasteiger partial charge in [0.15, 0.2) is 0 Å². The van der Waals surface area contributed by atoms with Crippen molar-refractivity contribution < 1.29 is 20.1 Å². The molecule has 7 heteroatoms. The fourth-order valence-corrected chi connectivity index (χ4v) is 6.49. The zero-order chi connectivity index (χ0) is 25.2. The molecule has 1 radical (unpaired) electrons. The van der Waals surface area contributed by atoms with Crippen LogP contribution in [0.1, 0.15) is 62.0 Å². The van der Waals surface area contributed by atoms with E-state index in [1.54, 1.807) is 18.6 Å². The normalized spacial score (nSPS) is 20.8. The molecule has 0 amide bonds. The molecule has 191 valence electrons. The summed E-state index contributed by atoms with van der Waals surface area (Å²) in [6, 6.07) is 15.0. The van der Waals surface area contributed by atoms with Crippen LogP contribution in [-0.4, -0.2) is 19.4 Å². The molecule has 0 N–H and O–H groups in total. The van der Waals surface area contributed by atoms with E-state index in [0.717, 1.165) is 40.5 Å². The summed E-state index contributed by atoms with van der Waals surface area (Å²) in [6.45, 7) is 11.2. The molecule has 37 heavy (non-hydrogen) atoms. The molecule has 1 fully saturated rings. The number of pyridine rings is 2. The van der Waals surface area contributed by atoms with Crippen molar-refractivity contribution in [2.75, 3.05) is 0 Å². The van der Waals surface area contributed by atoms with Crippen molar-refractivity contribution in [3.05, 3.63) is 93.9 Å². The molecule has 4 heterocycles. The molecule has 2 unspecified atom stereocenters. The van der Waals surface area contributed by atoms with Crippen molar-refractivity contribution in [1.82, 2.24) is 24.3 Å².